The topological polar surface area (TPSA) is 149 Å². The highest BCUT2D eigenvalue weighted by atomic mass is 32.2. The molecule has 1 aromatic rings. The molecule has 1 aliphatic heterocycles. The normalized spacial score (nSPS) is 20.1. The van der Waals surface area contributed by atoms with E-state index in [9.17, 15) is 30.8 Å². The number of nitrogens with zero attached hydrogens (tertiary/aromatic N) is 3. The van der Waals surface area contributed by atoms with Crippen LogP contribution in [0.15, 0.2) is 29.3 Å². The molecule has 0 aliphatic carbocycles. The quantitative estimate of drug-likeness (QED) is 0.502. The summed E-state index contributed by atoms with van der Waals surface area (Å²) in [6.45, 7) is 8.17. The van der Waals surface area contributed by atoms with Crippen LogP contribution in [0.3, 0.4) is 0 Å². The number of hydrogen-bond acceptors (Lipinski definition) is 10. The Kier molecular flexibility index (Phi) is 8.37. The second-order valence-electron chi connectivity index (χ2n) is 10.4. The summed E-state index contributed by atoms with van der Waals surface area (Å²) in [6, 6.07) is 4.96. The Morgan fingerprint density at radius 3 is 2.00 bits per heavy atom. The van der Waals surface area contributed by atoms with Gasteiger partial charge < -0.3 is 9.47 Å². The average Bonchev–Trinajstić information content (AvgIpc) is 2.67. The zero-order valence-corrected chi connectivity index (χ0v) is 23.6. The van der Waals surface area contributed by atoms with Crippen LogP contribution in [0.25, 0.3) is 0 Å². The van der Waals surface area contributed by atoms with Gasteiger partial charge in [0.1, 0.15) is 28.3 Å². The number of guanidine groups is 1. The summed E-state index contributed by atoms with van der Waals surface area (Å²) in [5, 5.41) is 0. The second kappa shape index (κ2) is 10.2. The van der Waals surface area contributed by atoms with Crippen LogP contribution in [0.1, 0.15) is 47.1 Å². The van der Waals surface area contributed by atoms with E-state index < -0.39 is 73.2 Å². The number of halogens is 1. The van der Waals surface area contributed by atoms with Crippen molar-refractivity contribution in [3.63, 3.8) is 0 Å². The molecular weight excluding hydrogens is 533 g/mol. The SMILES string of the molecule is CN1C(N(C(=O)OC(C)(C)C)C(=O)OC(C)(C)C)=NC(COS(C)(=O)=O)(c2ccccc2F)CS1(=O)=O. The van der Waals surface area contributed by atoms with Crippen molar-refractivity contribution in [1.29, 1.82) is 0 Å². The Labute approximate surface area is 216 Å². The van der Waals surface area contributed by atoms with Gasteiger partial charge in [-0.15, -0.1) is 4.90 Å². The molecule has 1 aromatic carbocycles. The van der Waals surface area contributed by atoms with Crippen molar-refractivity contribution in [2.75, 3.05) is 25.7 Å². The van der Waals surface area contributed by atoms with Crippen molar-refractivity contribution in [3.05, 3.63) is 35.6 Å². The molecular formula is C22H32FN3O9S2. The van der Waals surface area contributed by atoms with E-state index in [1.54, 1.807) is 0 Å². The Balaban J connectivity index is 2.88. The Morgan fingerprint density at radius 2 is 1.57 bits per heavy atom. The molecule has 0 saturated carbocycles. The third-order valence-corrected chi connectivity index (χ3v) is 7.06. The van der Waals surface area contributed by atoms with Crippen LogP contribution < -0.4 is 0 Å². The molecule has 15 heteroatoms. The van der Waals surface area contributed by atoms with Crippen LogP contribution >= 0.6 is 0 Å². The maximum atomic E-state index is 15.0. The van der Waals surface area contributed by atoms with Crippen molar-refractivity contribution in [1.82, 2.24) is 9.21 Å². The van der Waals surface area contributed by atoms with E-state index in [0.29, 0.717) is 4.31 Å². The Morgan fingerprint density at radius 1 is 1.08 bits per heavy atom. The Hall–Kier alpha value is -2.78. The van der Waals surface area contributed by atoms with E-state index in [1.807, 2.05) is 0 Å². The maximum Gasteiger partial charge on any atom is 0.427 e. The molecule has 0 spiro atoms. The summed E-state index contributed by atoms with van der Waals surface area (Å²) in [4.78, 5) is 30.9. The fourth-order valence-electron chi connectivity index (χ4n) is 3.19. The van der Waals surface area contributed by atoms with Crippen LogP contribution in [0, 0.1) is 5.82 Å². The summed E-state index contributed by atoms with van der Waals surface area (Å²) in [6.07, 6.45) is -1.92. The molecule has 0 saturated heterocycles. The van der Waals surface area contributed by atoms with Gasteiger partial charge in [-0.05, 0) is 47.6 Å². The lowest BCUT2D eigenvalue weighted by Gasteiger charge is -2.40. The number of carbonyl (C=O) groups excluding carboxylic acids is 2. The molecule has 2 rings (SSSR count). The van der Waals surface area contributed by atoms with Crippen LogP contribution in [0.2, 0.25) is 0 Å². The molecule has 12 nitrogen and oxygen atoms in total. The molecule has 2 amide bonds. The van der Waals surface area contributed by atoms with Crippen LogP contribution in [0.5, 0.6) is 0 Å². The number of sulfonamides is 1. The van der Waals surface area contributed by atoms with Crippen molar-refractivity contribution in [2.45, 2.75) is 58.3 Å². The van der Waals surface area contributed by atoms with Crippen LogP contribution in [0.4, 0.5) is 14.0 Å². The summed E-state index contributed by atoms with van der Waals surface area (Å²) >= 11 is 0. The highest BCUT2D eigenvalue weighted by Gasteiger charge is 2.50. The van der Waals surface area contributed by atoms with Gasteiger partial charge >= 0.3 is 12.2 Å². The van der Waals surface area contributed by atoms with E-state index in [0.717, 1.165) is 19.4 Å². The molecule has 0 N–H and O–H groups in total. The van der Waals surface area contributed by atoms with E-state index >= 15 is 0 Å². The maximum absolute atomic E-state index is 15.0. The first kappa shape index (κ1) is 30.4. The minimum Gasteiger partial charge on any atom is -0.443 e. The zero-order valence-electron chi connectivity index (χ0n) is 21.9. The summed E-state index contributed by atoms with van der Waals surface area (Å²) in [5.74, 6) is -2.65. The monoisotopic (exact) mass is 565 g/mol. The van der Waals surface area contributed by atoms with E-state index in [-0.39, 0.29) is 10.5 Å². The van der Waals surface area contributed by atoms with Gasteiger partial charge in [0.05, 0.1) is 12.9 Å². The fraction of sp³-hybridized carbons (Fsp3) is 0.591. The number of benzene rings is 1. The second-order valence-corrected chi connectivity index (χ2v) is 14.1. The van der Waals surface area contributed by atoms with Crippen molar-refractivity contribution in [3.8, 4) is 0 Å². The lowest BCUT2D eigenvalue weighted by Crippen LogP contribution is -2.59. The fourth-order valence-corrected chi connectivity index (χ4v) is 5.07. The number of amides is 2. The lowest BCUT2D eigenvalue weighted by atomic mass is 9.93. The largest absolute Gasteiger partial charge is 0.443 e. The number of ether oxygens (including phenoxy) is 2. The predicted octanol–water partition coefficient (Wildman–Crippen LogP) is 2.80. The van der Waals surface area contributed by atoms with Gasteiger partial charge in [0, 0.05) is 12.6 Å². The first-order valence-electron chi connectivity index (χ1n) is 11.0. The summed E-state index contributed by atoms with van der Waals surface area (Å²) < 4.78 is 81.3. The third-order valence-electron chi connectivity index (χ3n) is 4.67. The average molecular weight is 566 g/mol. The Bertz CT molecular complexity index is 1270. The van der Waals surface area contributed by atoms with Crippen molar-refractivity contribution < 1.29 is 44.5 Å². The summed E-state index contributed by atoms with van der Waals surface area (Å²) in [7, 11) is -7.57. The van der Waals surface area contributed by atoms with Gasteiger partial charge in [-0.25, -0.2) is 31.7 Å². The predicted molar refractivity (Wildman–Crippen MR) is 132 cm³/mol. The van der Waals surface area contributed by atoms with Crippen LogP contribution in [-0.4, -0.2) is 81.1 Å². The van der Waals surface area contributed by atoms with Crippen molar-refractivity contribution in [2.24, 2.45) is 4.99 Å². The minimum atomic E-state index is -4.45. The highest BCUT2D eigenvalue weighted by Crippen LogP contribution is 2.36. The molecule has 37 heavy (non-hydrogen) atoms. The standard InChI is InChI=1S/C22H32FN3O9S2/c1-20(2,3)34-18(27)26(19(28)35-21(4,5)6)17-24-22(13-33-36(8,29)30,14-37(31,32)25(17)7)15-11-9-10-12-16(15)23/h9-12H,13-14H2,1-8H3. The number of aliphatic imine (C=N–C) groups is 1. The molecule has 1 heterocycles. The van der Waals surface area contributed by atoms with Gasteiger partial charge in [-0.3, -0.25) is 4.18 Å². The zero-order chi connectivity index (χ0) is 28.6. The molecule has 0 radical (unpaired) electrons. The molecule has 0 fully saturated rings. The van der Waals surface area contributed by atoms with Gasteiger partial charge in [0.2, 0.25) is 16.0 Å². The summed E-state index contributed by atoms with van der Waals surface area (Å²) in [5.41, 5.74) is -4.78. The van der Waals surface area contributed by atoms with Crippen molar-refractivity contribution >= 4 is 38.3 Å². The van der Waals surface area contributed by atoms with E-state index in [2.05, 4.69) is 4.99 Å². The molecule has 1 atom stereocenters. The molecule has 208 valence electrons. The van der Waals surface area contributed by atoms with Gasteiger partial charge in [-0.2, -0.15) is 8.42 Å². The van der Waals surface area contributed by atoms with Gasteiger partial charge in [0.25, 0.3) is 10.1 Å². The van der Waals surface area contributed by atoms with Gasteiger partial charge in [-0.1, -0.05) is 18.2 Å². The first-order valence-corrected chi connectivity index (χ1v) is 14.4. The smallest absolute Gasteiger partial charge is 0.427 e. The molecule has 0 bridgehead atoms. The number of carbonyl (C=O) groups is 2. The van der Waals surface area contributed by atoms with Crippen LogP contribution in [-0.2, 0) is 39.3 Å². The minimum absolute atomic E-state index is 0.267. The first-order chi connectivity index (χ1) is 16.6. The molecule has 1 aliphatic rings. The van der Waals surface area contributed by atoms with E-state index in [1.165, 1.54) is 59.7 Å². The molecule has 1 unspecified atom stereocenters. The number of rotatable bonds is 4. The lowest BCUT2D eigenvalue weighted by molar-refractivity contribution is 0.0131. The third kappa shape index (κ3) is 7.85. The number of imide groups is 1. The van der Waals surface area contributed by atoms with Gasteiger partial charge in [0.15, 0.2) is 0 Å². The highest BCUT2D eigenvalue weighted by molar-refractivity contribution is 7.89. The number of hydrogen-bond donors (Lipinski definition) is 0. The molecule has 0 aromatic heterocycles. The van der Waals surface area contributed by atoms with E-state index in [4.69, 9.17) is 13.7 Å².